The van der Waals surface area contributed by atoms with E-state index in [0.29, 0.717) is 32.6 Å². The van der Waals surface area contributed by atoms with Crippen molar-refractivity contribution in [3.63, 3.8) is 0 Å². The van der Waals surface area contributed by atoms with Crippen LogP contribution < -0.4 is 15.5 Å². The molecule has 0 aliphatic carbocycles. The lowest BCUT2D eigenvalue weighted by Crippen LogP contribution is -2.20. The first-order valence-electron chi connectivity index (χ1n) is 8.87. The molecule has 0 spiro atoms. The Labute approximate surface area is 183 Å². The van der Waals surface area contributed by atoms with Crippen LogP contribution in [0.3, 0.4) is 0 Å². The van der Waals surface area contributed by atoms with Crippen molar-refractivity contribution in [2.24, 2.45) is 5.10 Å². The van der Waals surface area contributed by atoms with Crippen molar-refractivity contribution >= 4 is 46.9 Å². The molecule has 30 heavy (non-hydrogen) atoms. The monoisotopic (exact) mass is 441 g/mol. The summed E-state index contributed by atoms with van der Waals surface area (Å²) in [4.78, 5) is 24.2. The first-order valence-corrected chi connectivity index (χ1v) is 9.63. The fourth-order valence-electron chi connectivity index (χ4n) is 2.44. The summed E-state index contributed by atoms with van der Waals surface area (Å²) >= 11 is 11.9. The van der Waals surface area contributed by atoms with E-state index in [1.807, 2.05) is 6.07 Å². The van der Waals surface area contributed by atoms with Crippen LogP contribution in [0.4, 0.5) is 5.69 Å². The van der Waals surface area contributed by atoms with Gasteiger partial charge < -0.3 is 10.1 Å². The summed E-state index contributed by atoms with van der Waals surface area (Å²) in [6.45, 7) is -0.221. The van der Waals surface area contributed by atoms with Crippen molar-refractivity contribution in [3.8, 4) is 5.75 Å². The van der Waals surface area contributed by atoms with Crippen LogP contribution in [0.25, 0.3) is 0 Å². The standard InChI is InChI=1S/C22H17Cl2N3O3/c23-17-6-9-19(10-7-17)26-21(28)14-30-20-11-8-18(24)12-16(20)13-25-27-22(29)15-4-2-1-3-5-15/h1-13H,14H2,(H,26,28)(H,27,29)/b25-13+. The zero-order valence-corrected chi connectivity index (χ0v) is 17.2. The first-order chi connectivity index (χ1) is 14.5. The molecule has 2 amide bonds. The van der Waals surface area contributed by atoms with Crippen molar-refractivity contribution < 1.29 is 14.3 Å². The molecule has 0 bridgehead atoms. The Morgan fingerprint density at radius 1 is 0.933 bits per heavy atom. The number of carbonyl (C=O) groups excluding carboxylic acids is 2. The Morgan fingerprint density at radius 3 is 2.37 bits per heavy atom. The van der Waals surface area contributed by atoms with E-state index in [1.54, 1.807) is 66.7 Å². The Kier molecular flexibility index (Phi) is 7.43. The van der Waals surface area contributed by atoms with Crippen LogP contribution in [0.5, 0.6) is 5.75 Å². The zero-order valence-electron chi connectivity index (χ0n) is 15.6. The number of hydrazone groups is 1. The molecule has 0 aliphatic heterocycles. The van der Waals surface area contributed by atoms with E-state index in [-0.39, 0.29) is 18.4 Å². The van der Waals surface area contributed by atoms with E-state index in [2.05, 4.69) is 15.8 Å². The van der Waals surface area contributed by atoms with E-state index in [0.717, 1.165) is 0 Å². The molecule has 6 nitrogen and oxygen atoms in total. The maximum Gasteiger partial charge on any atom is 0.271 e. The van der Waals surface area contributed by atoms with Crippen molar-refractivity contribution in [3.05, 3.63) is 94.0 Å². The van der Waals surface area contributed by atoms with E-state index in [4.69, 9.17) is 27.9 Å². The van der Waals surface area contributed by atoms with Gasteiger partial charge in [0.2, 0.25) is 0 Å². The molecule has 0 heterocycles. The minimum Gasteiger partial charge on any atom is -0.483 e. The zero-order chi connectivity index (χ0) is 21.3. The highest BCUT2D eigenvalue weighted by Gasteiger charge is 2.08. The van der Waals surface area contributed by atoms with Crippen LogP contribution in [-0.2, 0) is 4.79 Å². The van der Waals surface area contributed by atoms with Crippen LogP contribution in [-0.4, -0.2) is 24.6 Å². The molecule has 3 aromatic carbocycles. The van der Waals surface area contributed by atoms with Crippen LogP contribution >= 0.6 is 23.2 Å². The third-order valence-corrected chi connectivity index (χ3v) is 4.35. The molecule has 0 aromatic heterocycles. The molecule has 0 saturated carbocycles. The SMILES string of the molecule is O=C(COc1ccc(Cl)cc1/C=N/NC(=O)c1ccccc1)Nc1ccc(Cl)cc1. The summed E-state index contributed by atoms with van der Waals surface area (Å²) in [7, 11) is 0. The molecular formula is C22H17Cl2N3O3. The van der Waals surface area contributed by atoms with Gasteiger partial charge in [0.15, 0.2) is 6.61 Å². The van der Waals surface area contributed by atoms with Gasteiger partial charge in [0.25, 0.3) is 11.8 Å². The number of benzene rings is 3. The summed E-state index contributed by atoms with van der Waals surface area (Å²) in [6, 6.07) is 20.3. The molecule has 0 atom stereocenters. The van der Waals surface area contributed by atoms with Crippen LogP contribution in [0.15, 0.2) is 77.9 Å². The normalized spacial score (nSPS) is 10.6. The average molecular weight is 442 g/mol. The highest BCUT2D eigenvalue weighted by Crippen LogP contribution is 2.21. The molecule has 152 valence electrons. The van der Waals surface area contributed by atoms with Gasteiger partial charge in [0, 0.05) is 26.9 Å². The Bertz CT molecular complexity index is 1050. The van der Waals surface area contributed by atoms with E-state index >= 15 is 0 Å². The molecular weight excluding hydrogens is 425 g/mol. The third-order valence-electron chi connectivity index (χ3n) is 3.86. The number of hydrogen-bond donors (Lipinski definition) is 2. The summed E-state index contributed by atoms with van der Waals surface area (Å²) in [5, 5.41) is 7.69. The van der Waals surface area contributed by atoms with Gasteiger partial charge in [0.05, 0.1) is 6.21 Å². The lowest BCUT2D eigenvalue weighted by Gasteiger charge is -2.10. The van der Waals surface area contributed by atoms with Gasteiger partial charge in [-0.25, -0.2) is 5.43 Å². The molecule has 3 aromatic rings. The van der Waals surface area contributed by atoms with Gasteiger partial charge in [-0.05, 0) is 54.6 Å². The maximum atomic E-state index is 12.1. The Balaban J connectivity index is 1.61. The number of hydrogen-bond acceptors (Lipinski definition) is 4. The van der Waals surface area contributed by atoms with Gasteiger partial charge in [-0.1, -0.05) is 41.4 Å². The van der Waals surface area contributed by atoms with Crippen molar-refractivity contribution in [1.29, 1.82) is 0 Å². The van der Waals surface area contributed by atoms with Gasteiger partial charge >= 0.3 is 0 Å². The van der Waals surface area contributed by atoms with Crippen molar-refractivity contribution in [1.82, 2.24) is 5.43 Å². The topological polar surface area (TPSA) is 79.8 Å². The lowest BCUT2D eigenvalue weighted by molar-refractivity contribution is -0.118. The number of ether oxygens (including phenoxy) is 1. The fourth-order valence-corrected chi connectivity index (χ4v) is 2.75. The highest BCUT2D eigenvalue weighted by atomic mass is 35.5. The number of nitrogens with zero attached hydrogens (tertiary/aromatic N) is 1. The van der Waals surface area contributed by atoms with Crippen LogP contribution in [0.1, 0.15) is 15.9 Å². The van der Waals surface area contributed by atoms with Gasteiger partial charge in [-0.3, -0.25) is 9.59 Å². The van der Waals surface area contributed by atoms with Crippen molar-refractivity contribution in [2.75, 3.05) is 11.9 Å². The number of halogens is 2. The number of rotatable bonds is 7. The molecule has 3 rings (SSSR count). The van der Waals surface area contributed by atoms with Crippen LogP contribution in [0, 0.1) is 0 Å². The molecule has 0 aliphatic rings. The van der Waals surface area contributed by atoms with E-state index < -0.39 is 0 Å². The second-order valence-corrected chi connectivity index (χ2v) is 6.96. The Morgan fingerprint density at radius 2 is 1.63 bits per heavy atom. The summed E-state index contributed by atoms with van der Waals surface area (Å²) in [6.07, 6.45) is 1.40. The quantitative estimate of drug-likeness (QED) is 0.409. The first kappa shape index (κ1) is 21.4. The van der Waals surface area contributed by atoms with Crippen LogP contribution in [0.2, 0.25) is 10.0 Å². The van der Waals surface area contributed by atoms with Gasteiger partial charge in [-0.15, -0.1) is 0 Å². The van der Waals surface area contributed by atoms with Crippen molar-refractivity contribution in [2.45, 2.75) is 0 Å². The third kappa shape index (κ3) is 6.34. The molecule has 2 N–H and O–H groups in total. The van der Waals surface area contributed by atoms with E-state index in [1.165, 1.54) is 6.21 Å². The summed E-state index contributed by atoms with van der Waals surface area (Å²) in [5.74, 6) is -0.297. The lowest BCUT2D eigenvalue weighted by atomic mass is 10.2. The number of nitrogens with one attached hydrogen (secondary N) is 2. The number of carbonyl (C=O) groups is 2. The largest absolute Gasteiger partial charge is 0.483 e. The predicted molar refractivity (Wildman–Crippen MR) is 119 cm³/mol. The van der Waals surface area contributed by atoms with Gasteiger partial charge in [-0.2, -0.15) is 5.10 Å². The predicted octanol–water partition coefficient (Wildman–Crippen LogP) is 4.77. The molecule has 8 heteroatoms. The summed E-state index contributed by atoms with van der Waals surface area (Å²) in [5.41, 5.74) is 4.04. The minimum atomic E-state index is -0.348. The maximum absolute atomic E-state index is 12.1. The molecule has 0 radical (unpaired) electrons. The summed E-state index contributed by atoms with van der Waals surface area (Å²) < 4.78 is 5.59. The molecule has 0 unspecified atom stereocenters. The van der Waals surface area contributed by atoms with Gasteiger partial charge in [0.1, 0.15) is 5.75 Å². The average Bonchev–Trinajstić information content (AvgIpc) is 2.75. The second kappa shape index (κ2) is 10.4. The number of anilines is 1. The highest BCUT2D eigenvalue weighted by molar-refractivity contribution is 6.31. The minimum absolute atomic E-state index is 0.221. The second-order valence-electron chi connectivity index (χ2n) is 6.09. The smallest absolute Gasteiger partial charge is 0.271 e. The fraction of sp³-hybridized carbons (Fsp3) is 0.0455. The molecule has 0 fully saturated rings. The Hall–Kier alpha value is -3.35. The number of amides is 2. The molecule has 0 saturated heterocycles. The van der Waals surface area contributed by atoms with E-state index in [9.17, 15) is 9.59 Å².